The molecule has 0 spiro atoms. The van der Waals surface area contributed by atoms with Crippen molar-refractivity contribution in [3.05, 3.63) is 59.6 Å². The molecule has 0 saturated carbocycles. The summed E-state index contributed by atoms with van der Waals surface area (Å²) >= 11 is 1.62. The maximum absolute atomic E-state index is 13.3. The molecule has 1 unspecified atom stereocenters. The monoisotopic (exact) mass is 450 g/mol. The Hall–Kier alpha value is -2.93. The Labute approximate surface area is 193 Å². The van der Waals surface area contributed by atoms with Crippen LogP contribution in [0.1, 0.15) is 25.8 Å². The van der Waals surface area contributed by atoms with Crippen molar-refractivity contribution < 1.29 is 9.59 Å². The van der Waals surface area contributed by atoms with Gasteiger partial charge in [-0.3, -0.25) is 9.59 Å². The average Bonchev–Trinajstić information content (AvgIpc) is 3.21. The van der Waals surface area contributed by atoms with Crippen molar-refractivity contribution in [1.82, 2.24) is 15.2 Å². The molecular formula is C25H30N4O2S. The van der Waals surface area contributed by atoms with Gasteiger partial charge in [-0.15, -0.1) is 11.3 Å². The molecule has 1 aliphatic heterocycles. The fraction of sp³-hybridized carbons (Fsp3) is 0.400. The van der Waals surface area contributed by atoms with Crippen molar-refractivity contribution in [1.29, 1.82) is 0 Å². The number of amides is 2. The zero-order chi connectivity index (χ0) is 22.5. The van der Waals surface area contributed by atoms with Crippen LogP contribution in [-0.2, 0) is 16.0 Å². The predicted octanol–water partition coefficient (Wildman–Crippen LogP) is 3.72. The molecule has 0 bridgehead atoms. The molecule has 1 atom stereocenters. The molecule has 168 valence electrons. The molecule has 1 aliphatic rings. The van der Waals surface area contributed by atoms with Gasteiger partial charge in [0.05, 0.1) is 6.42 Å². The lowest BCUT2D eigenvalue weighted by Gasteiger charge is -2.29. The Balaban J connectivity index is 1.38. The quantitative estimate of drug-likeness (QED) is 0.622. The zero-order valence-corrected chi connectivity index (χ0v) is 19.5. The van der Waals surface area contributed by atoms with Crippen molar-refractivity contribution in [3.63, 3.8) is 0 Å². The van der Waals surface area contributed by atoms with Crippen LogP contribution < -0.4 is 10.2 Å². The number of carbonyl (C=O) groups is 2. The van der Waals surface area contributed by atoms with Gasteiger partial charge in [-0.2, -0.15) is 0 Å². The van der Waals surface area contributed by atoms with Crippen LogP contribution in [0, 0.1) is 5.92 Å². The van der Waals surface area contributed by atoms with E-state index in [1.165, 1.54) is 0 Å². The van der Waals surface area contributed by atoms with Crippen molar-refractivity contribution >= 4 is 39.1 Å². The highest BCUT2D eigenvalue weighted by Gasteiger charge is 2.30. The lowest BCUT2D eigenvalue weighted by molar-refractivity contribution is -0.137. The van der Waals surface area contributed by atoms with Crippen LogP contribution in [0.2, 0.25) is 0 Å². The molecule has 2 heterocycles. The highest BCUT2D eigenvalue weighted by atomic mass is 32.1. The summed E-state index contributed by atoms with van der Waals surface area (Å²) in [6.45, 7) is 6.96. The Kier molecular flexibility index (Phi) is 7.05. The second kappa shape index (κ2) is 10.1. The first kappa shape index (κ1) is 22.3. The second-order valence-electron chi connectivity index (χ2n) is 8.63. The van der Waals surface area contributed by atoms with Gasteiger partial charge in [0.25, 0.3) is 0 Å². The van der Waals surface area contributed by atoms with Gasteiger partial charge in [0.15, 0.2) is 5.13 Å². The molecule has 4 rings (SSSR count). The van der Waals surface area contributed by atoms with E-state index >= 15 is 0 Å². The van der Waals surface area contributed by atoms with E-state index in [2.05, 4.69) is 21.3 Å². The zero-order valence-electron chi connectivity index (χ0n) is 18.7. The number of aromatic nitrogens is 1. The number of anilines is 1. The number of carbonyl (C=O) groups excluding carboxylic acids is 2. The smallest absolute Gasteiger partial charge is 0.245 e. The summed E-state index contributed by atoms with van der Waals surface area (Å²) in [7, 11) is 0. The third-order valence-electron chi connectivity index (χ3n) is 5.93. The number of nitrogens with one attached hydrogen (secondary N) is 1. The molecule has 2 aromatic carbocycles. The minimum Gasteiger partial charge on any atom is -0.346 e. The van der Waals surface area contributed by atoms with Gasteiger partial charge in [0.2, 0.25) is 11.8 Å². The highest BCUT2D eigenvalue weighted by molar-refractivity contribution is 7.13. The Morgan fingerprint density at radius 3 is 2.62 bits per heavy atom. The summed E-state index contributed by atoms with van der Waals surface area (Å²) in [5, 5.41) is 8.26. The summed E-state index contributed by atoms with van der Waals surface area (Å²) < 4.78 is 0. The van der Waals surface area contributed by atoms with Gasteiger partial charge in [-0.05, 0) is 28.7 Å². The van der Waals surface area contributed by atoms with Crippen LogP contribution in [0.3, 0.4) is 0 Å². The maximum atomic E-state index is 13.3. The lowest BCUT2D eigenvalue weighted by Crippen LogP contribution is -2.52. The van der Waals surface area contributed by atoms with E-state index in [0.717, 1.165) is 41.0 Å². The van der Waals surface area contributed by atoms with Gasteiger partial charge in [-0.1, -0.05) is 56.3 Å². The highest BCUT2D eigenvalue weighted by Crippen LogP contribution is 2.20. The number of hydrogen-bond donors (Lipinski definition) is 1. The summed E-state index contributed by atoms with van der Waals surface area (Å²) in [5.41, 5.74) is 0.949. The third kappa shape index (κ3) is 5.27. The van der Waals surface area contributed by atoms with Crippen LogP contribution in [-0.4, -0.2) is 53.9 Å². The summed E-state index contributed by atoms with van der Waals surface area (Å²) in [4.78, 5) is 34.7. The number of benzene rings is 2. The van der Waals surface area contributed by atoms with Gasteiger partial charge in [-0.25, -0.2) is 4.98 Å². The van der Waals surface area contributed by atoms with Crippen LogP contribution in [0.4, 0.5) is 5.13 Å². The van der Waals surface area contributed by atoms with Gasteiger partial charge in [0, 0.05) is 37.8 Å². The van der Waals surface area contributed by atoms with Gasteiger partial charge >= 0.3 is 0 Å². The summed E-state index contributed by atoms with van der Waals surface area (Å²) in [6.07, 6.45) is 2.97. The van der Waals surface area contributed by atoms with Crippen molar-refractivity contribution in [2.45, 2.75) is 32.7 Å². The number of hydrogen-bond acceptors (Lipinski definition) is 5. The first-order valence-electron chi connectivity index (χ1n) is 11.2. The molecule has 6 nitrogen and oxygen atoms in total. The average molecular weight is 451 g/mol. The van der Waals surface area contributed by atoms with Gasteiger partial charge in [0.1, 0.15) is 6.04 Å². The molecule has 0 radical (unpaired) electrons. The topological polar surface area (TPSA) is 65.5 Å². The molecular weight excluding hydrogens is 420 g/mol. The normalized spacial score (nSPS) is 15.6. The van der Waals surface area contributed by atoms with Crippen LogP contribution >= 0.6 is 11.3 Å². The van der Waals surface area contributed by atoms with E-state index in [4.69, 9.17) is 0 Å². The molecule has 2 amide bonds. The minimum atomic E-state index is -0.519. The molecule has 3 aromatic rings. The molecule has 32 heavy (non-hydrogen) atoms. The molecule has 1 saturated heterocycles. The van der Waals surface area contributed by atoms with Gasteiger partial charge < -0.3 is 15.1 Å². The van der Waals surface area contributed by atoms with Crippen LogP contribution in [0.5, 0.6) is 0 Å². The fourth-order valence-corrected chi connectivity index (χ4v) is 4.87. The minimum absolute atomic E-state index is 0.00727. The lowest BCUT2D eigenvalue weighted by atomic mass is 10.0. The Bertz CT molecular complexity index is 1070. The Morgan fingerprint density at radius 2 is 1.88 bits per heavy atom. The number of thiazole rings is 1. The van der Waals surface area contributed by atoms with Crippen molar-refractivity contribution in [3.8, 4) is 0 Å². The Morgan fingerprint density at radius 1 is 1.06 bits per heavy atom. The van der Waals surface area contributed by atoms with E-state index in [1.54, 1.807) is 11.3 Å². The van der Waals surface area contributed by atoms with E-state index in [1.807, 2.05) is 66.7 Å². The molecule has 1 fully saturated rings. The maximum Gasteiger partial charge on any atom is 0.245 e. The SMILES string of the molecule is CC(C)C(NC(=O)Cc1ccc2ccccc2c1)C(=O)N1CCCN(c2nccs2)CC1. The summed E-state index contributed by atoms with van der Waals surface area (Å²) in [5.74, 6) is -0.0965. The summed E-state index contributed by atoms with van der Waals surface area (Å²) in [6, 6.07) is 13.7. The molecule has 7 heteroatoms. The standard InChI is InChI=1S/C25H30N4O2S/c1-18(2)23(24(31)28-11-5-12-29(14-13-28)25-26-10-15-32-25)27-22(30)17-19-8-9-20-6-3-4-7-21(20)16-19/h3-4,6-10,15-16,18,23H,5,11-14,17H2,1-2H3,(H,27,30). The van der Waals surface area contributed by atoms with Crippen LogP contribution in [0.15, 0.2) is 54.0 Å². The molecule has 0 aliphatic carbocycles. The largest absolute Gasteiger partial charge is 0.346 e. The van der Waals surface area contributed by atoms with Crippen LogP contribution in [0.25, 0.3) is 10.8 Å². The van der Waals surface area contributed by atoms with E-state index in [0.29, 0.717) is 13.1 Å². The number of nitrogens with zero attached hydrogens (tertiary/aromatic N) is 3. The van der Waals surface area contributed by atoms with E-state index in [-0.39, 0.29) is 24.2 Å². The van der Waals surface area contributed by atoms with E-state index < -0.39 is 6.04 Å². The number of fused-ring (bicyclic) bond motifs is 1. The predicted molar refractivity (Wildman–Crippen MR) is 130 cm³/mol. The first-order chi connectivity index (χ1) is 15.5. The third-order valence-corrected chi connectivity index (χ3v) is 6.76. The van der Waals surface area contributed by atoms with Crippen molar-refractivity contribution in [2.24, 2.45) is 5.92 Å². The van der Waals surface area contributed by atoms with Crippen molar-refractivity contribution in [2.75, 3.05) is 31.1 Å². The fourth-order valence-electron chi connectivity index (χ4n) is 4.17. The molecule has 1 aromatic heterocycles. The molecule has 1 N–H and O–H groups in total. The number of rotatable bonds is 6. The second-order valence-corrected chi connectivity index (χ2v) is 9.50. The first-order valence-corrected chi connectivity index (χ1v) is 12.1. The van der Waals surface area contributed by atoms with E-state index in [9.17, 15) is 9.59 Å².